The summed E-state index contributed by atoms with van der Waals surface area (Å²) in [4.78, 5) is 0. The molecule has 1 aromatic rings. The van der Waals surface area contributed by atoms with Crippen molar-refractivity contribution >= 4 is 0 Å². The van der Waals surface area contributed by atoms with E-state index in [2.05, 4.69) is 19.2 Å². The van der Waals surface area contributed by atoms with Gasteiger partial charge in [0.25, 0.3) is 0 Å². The molecule has 1 atom stereocenters. The number of phenolic OH excluding ortho intramolecular Hbond substituents is 1. The van der Waals surface area contributed by atoms with Gasteiger partial charge in [0.1, 0.15) is 11.5 Å². The molecule has 0 bridgehead atoms. The molecule has 100 valence electrons. The van der Waals surface area contributed by atoms with Crippen LogP contribution in [0.2, 0.25) is 0 Å². The minimum atomic E-state index is 0.143. The van der Waals surface area contributed by atoms with Crippen LogP contribution in [-0.4, -0.2) is 18.8 Å². The Balaban J connectivity index is 2.01. The van der Waals surface area contributed by atoms with Crippen molar-refractivity contribution in [3.05, 3.63) is 23.8 Å². The second kappa shape index (κ2) is 5.19. The second-order valence-corrected chi connectivity index (χ2v) is 5.38. The maximum atomic E-state index is 9.91. The maximum absolute atomic E-state index is 9.91. The summed E-state index contributed by atoms with van der Waals surface area (Å²) in [6.07, 6.45) is 3.89. The Labute approximate surface area is 109 Å². The van der Waals surface area contributed by atoms with Crippen molar-refractivity contribution in [1.29, 1.82) is 0 Å². The molecule has 1 saturated carbocycles. The molecule has 1 fully saturated rings. The first kappa shape index (κ1) is 13.2. The van der Waals surface area contributed by atoms with Crippen molar-refractivity contribution in [2.24, 2.45) is 5.41 Å². The van der Waals surface area contributed by atoms with Crippen molar-refractivity contribution in [2.45, 2.75) is 39.2 Å². The Kier molecular flexibility index (Phi) is 3.81. The Bertz CT molecular complexity index is 413. The molecule has 2 rings (SSSR count). The quantitative estimate of drug-likeness (QED) is 0.813. The van der Waals surface area contributed by atoms with Gasteiger partial charge in [0.15, 0.2) is 0 Å². The third-order valence-corrected chi connectivity index (χ3v) is 4.19. The van der Waals surface area contributed by atoms with Gasteiger partial charge in [-0.15, -0.1) is 0 Å². The lowest BCUT2D eigenvalue weighted by Crippen LogP contribution is -2.26. The molecule has 3 nitrogen and oxygen atoms in total. The highest BCUT2D eigenvalue weighted by Crippen LogP contribution is 2.48. The van der Waals surface area contributed by atoms with E-state index in [9.17, 15) is 5.11 Å². The third-order valence-electron chi connectivity index (χ3n) is 4.19. The van der Waals surface area contributed by atoms with E-state index >= 15 is 0 Å². The van der Waals surface area contributed by atoms with E-state index in [1.165, 1.54) is 19.3 Å². The summed E-state index contributed by atoms with van der Waals surface area (Å²) in [5, 5.41) is 13.4. The molecule has 1 aliphatic rings. The fraction of sp³-hybridized carbons (Fsp3) is 0.600. The normalized spacial score (nSPS) is 18.4. The monoisotopic (exact) mass is 249 g/mol. The lowest BCUT2D eigenvalue weighted by Gasteiger charge is -2.20. The smallest absolute Gasteiger partial charge is 0.120 e. The lowest BCUT2D eigenvalue weighted by molar-refractivity contribution is 0.394. The number of phenols is 1. The number of aromatic hydroxyl groups is 1. The van der Waals surface area contributed by atoms with Crippen molar-refractivity contribution in [3.8, 4) is 11.5 Å². The van der Waals surface area contributed by atoms with Crippen LogP contribution in [0.1, 0.15) is 44.7 Å². The van der Waals surface area contributed by atoms with E-state index < -0.39 is 0 Å². The Morgan fingerprint density at radius 3 is 2.72 bits per heavy atom. The summed E-state index contributed by atoms with van der Waals surface area (Å²) in [6.45, 7) is 5.36. The van der Waals surface area contributed by atoms with Crippen LogP contribution in [0.4, 0.5) is 0 Å². The van der Waals surface area contributed by atoms with Gasteiger partial charge in [-0.05, 0) is 49.8 Å². The Morgan fingerprint density at radius 2 is 2.17 bits per heavy atom. The van der Waals surface area contributed by atoms with Crippen LogP contribution in [0.3, 0.4) is 0 Å². The summed E-state index contributed by atoms with van der Waals surface area (Å²) in [5.41, 5.74) is 1.42. The van der Waals surface area contributed by atoms with Crippen molar-refractivity contribution in [3.63, 3.8) is 0 Å². The predicted molar refractivity (Wildman–Crippen MR) is 73.0 cm³/mol. The minimum absolute atomic E-state index is 0.143. The molecular formula is C15H23NO2. The highest BCUT2D eigenvalue weighted by atomic mass is 16.5. The van der Waals surface area contributed by atoms with E-state index in [-0.39, 0.29) is 6.04 Å². The zero-order valence-corrected chi connectivity index (χ0v) is 11.5. The summed E-state index contributed by atoms with van der Waals surface area (Å²) in [7, 11) is 1.64. The second-order valence-electron chi connectivity index (χ2n) is 5.38. The van der Waals surface area contributed by atoms with Gasteiger partial charge in [0.05, 0.1) is 7.11 Å². The average Bonchev–Trinajstić information content (AvgIpc) is 3.17. The largest absolute Gasteiger partial charge is 0.508 e. The van der Waals surface area contributed by atoms with Crippen LogP contribution in [0.15, 0.2) is 18.2 Å². The molecule has 0 aliphatic heterocycles. The molecule has 0 saturated heterocycles. The van der Waals surface area contributed by atoms with Gasteiger partial charge in [-0.1, -0.05) is 6.92 Å². The molecule has 18 heavy (non-hydrogen) atoms. The van der Waals surface area contributed by atoms with E-state index in [0.29, 0.717) is 11.2 Å². The molecular weight excluding hydrogens is 226 g/mol. The Morgan fingerprint density at radius 1 is 1.44 bits per heavy atom. The lowest BCUT2D eigenvalue weighted by atomic mass is 10.0. The topological polar surface area (TPSA) is 41.5 Å². The van der Waals surface area contributed by atoms with Crippen LogP contribution in [-0.2, 0) is 0 Å². The van der Waals surface area contributed by atoms with Crippen molar-refractivity contribution in [1.82, 2.24) is 5.32 Å². The molecule has 0 radical (unpaired) electrons. The number of benzene rings is 1. The third kappa shape index (κ3) is 2.78. The fourth-order valence-electron chi connectivity index (χ4n) is 2.32. The van der Waals surface area contributed by atoms with Gasteiger partial charge in [-0.25, -0.2) is 0 Å². The molecule has 0 aromatic heterocycles. The molecule has 0 spiro atoms. The standard InChI is InChI=1S/C15H23NO2/c1-4-15(7-8-15)10-16-11(2)13-9-12(18-3)5-6-14(13)17/h5-6,9,11,16-17H,4,7-8,10H2,1-3H3. The van der Waals surface area contributed by atoms with Gasteiger partial charge in [-0.2, -0.15) is 0 Å². The van der Waals surface area contributed by atoms with E-state index in [1.54, 1.807) is 19.2 Å². The van der Waals surface area contributed by atoms with E-state index in [1.807, 2.05) is 6.07 Å². The number of hydrogen-bond acceptors (Lipinski definition) is 3. The van der Waals surface area contributed by atoms with Gasteiger partial charge in [-0.3, -0.25) is 0 Å². The predicted octanol–water partition coefficient (Wildman–Crippen LogP) is 3.24. The van der Waals surface area contributed by atoms with Crippen LogP contribution in [0.25, 0.3) is 0 Å². The number of ether oxygens (including phenoxy) is 1. The average molecular weight is 249 g/mol. The van der Waals surface area contributed by atoms with E-state index in [0.717, 1.165) is 17.9 Å². The summed E-state index contributed by atoms with van der Waals surface area (Å²) < 4.78 is 5.20. The summed E-state index contributed by atoms with van der Waals surface area (Å²) >= 11 is 0. The van der Waals surface area contributed by atoms with Gasteiger partial charge < -0.3 is 15.2 Å². The highest BCUT2D eigenvalue weighted by molar-refractivity contribution is 5.41. The first-order chi connectivity index (χ1) is 8.60. The number of methoxy groups -OCH3 is 1. The molecule has 3 heteroatoms. The molecule has 1 unspecified atom stereocenters. The molecule has 2 N–H and O–H groups in total. The molecule has 1 aromatic carbocycles. The van der Waals surface area contributed by atoms with Crippen LogP contribution in [0.5, 0.6) is 11.5 Å². The van der Waals surface area contributed by atoms with Gasteiger partial charge in [0.2, 0.25) is 0 Å². The SMILES string of the molecule is CCC1(CNC(C)c2cc(OC)ccc2O)CC1. The van der Waals surface area contributed by atoms with Crippen molar-refractivity contribution < 1.29 is 9.84 Å². The summed E-state index contributed by atoms with van der Waals surface area (Å²) in [5.74, 6) is 1.12. The van der Waals surface area contributed by atoms with Crippen LogP contribution in [0, 0.1) is 5.41 Å². The molecule has 0 heterocycles. The van der Waals surface area contributed by atoms with Crippen LogP contribution >= 0.6 is 0 Å². The molecule has 0 amide bonds. The number of rotatable bonds is 6. The van der Waals surface area contributed by atoms with Gasteiger partial charge in [0, 0.05) is 18.2 Å². The zero-order chi connectivity index (χ0) is 13.2. The van der Waals surface area contributed by atoms with Crippen LogP contribution < -0.4 is 10.1 Å². The minimum Gasteiger partial charge on any atom is -0.508 e. The number of hydrogen-bond donors (Lipinski definition) is 2. The maximum Gasteiger partial charge on any atom is 0.120 e. The first-order valence-corrected chi connectivity index (χ1v) is 6.70. The van der Waals surface area contributed by atoms with E-state index in [4.69, 9.17) is 4.74 Å². The number of nitrogens with one attached hydrogen (secondary N) is 1. The highest BCUT2D eigenvalue weighted by Gasteiger charge is 2.40. The summed E-state index contributed by atoms with van der Waals surface area (Å²) in [6, 6.07) is 5.52. The molecule has 1 aliphatic carbocycles. The van der Waals surface area contributed by atoms with Gasteiger partial charge >= 0.3 is 0 Å². The Hall–Kier alpha value is -1.22. The zero-order valence-electron chi connectivity index (χ0n) is 11.5. The fourth-order valence-corrected chi connectivity index (χ4v) is 2.32. The van der Waals surface area contributed by atoms with Crippen molar-refractivity contribution in [2.75, 3.05) is 13.7 Å². The first-order valence-electron chi connectivity index (χ1n) is 6.70.